The number of rotatable bonds is 2. The van der Waals surface area contributed by atoms with E-state index in [1.165, 1.54) is 37.8 Å². The quantitative estimate of drug-likeness (QED) is 0.769. The fourth-order valence-corrected chi connectivity index (χ4v) is 5.96. The van der Waals surface area contributed by atoms with E-state index in [4.69, 9.17) is 0 Å². The van der Waals surface area contributed by atoms with Crippen molar-refractivity contribution >= 4 is 16.7 Å². The minimum absolute atomic E-state index is 0.155. The summed E-state index contributed by atoms with van der Waals surface area (Å²) in [7, 11) is 0. The maximum absolute atomic E-state index is 13.4. The van der Waals surface area contributed by atoms with Gasteiger partial charge in [0.05, 0.1) is 5.69 Å². The molecule has 0 saturated heterocycles. The van der Waals surface area contributed by atoms with Crippen LogP contribution in [0.2, 0.25) is 0 Å². The zero-order valence-corrected chi connectivity index (χ0v) is 13.3. The summed E-state index contributed by atoms with van der Waals surface area (Å²) in [5.74, 6) is 2.42. The summed E-state index contributed by atoms with van der Waals surface area (Å²) in [5.41, 5.74) is 1.39. The standard InChI is InChI=1S/C20H22FNO/c21-16-3-4-17-14(8-16)9-18(22-17)19(23)20-5-1-2-13-6-12(10-20)7-15(13)11-20/h3-4,8-9,12-13,15,22H,1-2,5-7,10-11H2. The average molecular weight is 311 g/mol. The fraction of sp³-hybridized carbons (Fsp3) is 0.550. The zero-order chi connectivity index (χ0) is 15.6. The highest BCUT2D eigenvalue weighted by atomic mass is 19.1. The molecule has 0 radical (unpaired) electrons. The van der Waals surface area contributed by atoms with E-state index in [1.54, 1.807) is 6.07 Å². The minimum Gasteiger partial charge on any atom is -0.352 e. The third kappa shape index (κ3) is 2.02. The second kappa shape index (κ2) is 4.68. The third-order valence-corrected chi connectivity index (χ3v) is 6.81. The van der Waals surface area contributed by atoms with Gasteiger partial charge in [-0.3, -0.25) is 4.79 Å². The van der Waals surface area contributed by atoms with Crippen molar-refractivity contribution in [1.29, 1.82) is 0 Å². The summed E-state index contributed by atoms with van der Waals surface area (Å²) in [6.07, 6.45) is 8.39. The monoisotopic (exact) mass is 311 g/mol. The highest BCUT2D eigenvalue weighted by Gasteiger charge is 2.53. The maximum Gasteiger partial charge on any atom is 0.185 e. The van der Waals surface area contributed by atoms with E-state index in [2.05, 4.69) is 4.98 Å². The van der Waals surface area contributed by atoms with Gasteiger partial charge in [0.1, 0.15) is 5.82 Å². The van der Waals surface area contributed by atoms with Crippen LogP contribution in [-0.4, -0.2) is 10.8 Å². The number of Topliss-reactive ketones (excluding diaryl/α,β-unsaturated/α-hetero) is 1. The molecule has 3 heteroatoms. The number of benzene rings is 1. The number of aromatic nitrogens is 1. The van der Waals surface area contributed by atoms with E-state index in [-0.39, 0.29) is 17.0 Å². The maximum atomic E-state index is 13.4. The molecule has 23 heavy (non-hydrogen) atoms. The number of hydrogen-bond acceptors (Lipinski definition) is 1. The van der Waals surface area contributed by atoms with Gasteiger partial charge in [0.15, 0.2) is 5.78 Å². The van der Waals surface area contributed by atoms with Crippen LogP contribution in [0.1, 0.15) is 55.4 Å². The molecule has 4 unspecified atom stereocenters. The lowest BCUT2D eigenvalue weighted by atomic mass is 9.64. The Morgan fingerprint density at radius 2 is 2.04 bits per heavy atom. The van der Waals surface area contributed by atoms with Crippen molar-refractivity contribution < 1.29 is 9.18 Å². The Morgan fingerprint density at radius 3 is 2.96 bits per heavy atom. The number of fused-ring (bicyclic) bond motifs is 3. The van der Waals surface area contributed by atoms with Crippen molar-refractivity contribution in [3.63, 3.8) is 0 Å². The number of hydrogen-bond donors (Lipinski definition) is 1. The topological polar surface area (TPSA) is 32.9 Å². The predicted molar refractivity (Wildman–Crippen MR) is 87.8 cm³/mol. The summed E-state index contributed by atoms with van der Waals surface area (Å²) >= 11 is 0. The Balaban J connectivity index is 1.55. The second-order valence-corrected chi connectivity index (χ2v) is 8.18. The normalized spacial score (nSPS) is 35.6. The first-order valence-corrected chi connectivity index (χ1v) is 8.96. The number of carbonyl (C=O) groups excluding carboxylic acids is 1. The molecule has 3 saturated carbocycles. The molecule has 0 spiro atoms. The summed E-state index contributed by atoms with van der Waals surface area (Å²) in [6, 6.07) is 6.54. The molecule has 1 heterocycles. The van der Waals surface area contributed by atoms with Crippen molar-refractivity contribution in [3.05, 3.63) is 35.8 Å². The van der Waals surface area contributed by atoms with Crippen molar-refractivity contribution in [2.24, 2.45) is 23.2 Å². The Morgan fingerprint density at radius 1 is 1.17 bits per heavy atom. The van der Waals surface area contributed by atoms with Crippen LogP contribution in [0.4, 0.5) is 4.39 Å². The van der Waals surface area contributed by atoms with Crippen molar-refractivity contribution in [2.45, 2.75) is 44.9 Å². The van der Waals surface area contributed by atoms with Gasteiger partial charge in [0.2, 0.25) is 0 Å². The molecular formula is C20H22FNO. The Bertz CT molecular complexity index is 794. The molecule has 3 bridgehead atoms. The smallest absolute Gasteiger partial charge is 0.185 e. The highest BCUT2D eigenvalue weighted by molar-refractivity contribution is 6.03. The molecule has 2 nitrogen and oxygen atoms in total. The van der Waals surface area contributed by atoms with Gasteiger partial charge in [-0.2, -0.15) is 0 Å². The summed E-state index contributed by atoms with van der Waals surface area (Å²) in [4.78, 5) is 16.6. The summed E-state index contributed by atoms with van der Waals surface area (Å²) in [6.45, 7) is 0. The number of halogens is 1. The van der Waals surface area contributed by atoms with Gasteiger partial charge < -0.3 is 4.98 Å². The van der Waals surface area contributed by atoms with Gasteiger partial charge in [-0.1, -0.05) is 12.8 Å². The van der Waals surface area contributed by atoms with E-state index in [1.807, 2.05) is 6.07 Å². The van der Waals surface area contributed by atoms with Crippen LogP contribution in [-0.2, 0) is 0 Å². The van der Waals surface area contributed by atoms with E-state index >= 15 is 0 Å². The van der Waals surface area contributed by atoms with Gasteiger partial charge in [-0.15, -0.1) is 0 Å². The molecule has 4 atom stereocenters. The molecule has 1 aromatic heterocycles. The van der Waals surface area contributed by atoms with Crippen LogP contribution in [0.15, 0.2) is 24.3 Å². The van der Waals surface area contributed by atoms with Crippen LogP contribution in [0, 0.1) is 29.0 Å². The van der Waals surface area contributed by atoms with E-state index < -0.39 is 0 Å². The van der Waals surface area contributed by atoms with E-state index in [9.17, 15) is 9.18 Å². The van der Waals surface area contributed by atoms with Gasteiger partial charge in [0, 0.05) is 16.3 Å². The van der Waals surface area contributed by atoms with Crippen LogP contribution in [0.3, 0.4) is 0 Å². The molecule has 3 aliphatic rings. The van der Waals surface area contributed by atoms with Gasteiger partial charge in [-0.05, 0) is 74.1 Å². The Kier molecular flexibility index (Phi) is 2.80. The van der Waals surface area contributed by atoms with E-state index in [0.717, 1.165) is 47.9 Å². The first-order chi connectivity index (χ1) is 11.1. The number of nitrogens with one attached hydrogen (secondary N) is 1. The molecule has 2 aromatic rings. The molecule has 1 aromatic carbocycles. The molecule has 3 fully saturated rings. The lowest BCUT2D eigenvalue weighted by molar-refractivity contribution is 0.0606. The van der Waals surface area contributed by atoms with Crippen LogP contribution < -0.4 is 0 Å². The fourth-order valence-electron chi connectivity index (χ4n) is 5.96. The van der Waals surface area contributed by atoms with Gasteiger partial charge in [-0.25, -0.2) is 4.39 Å². The average Bonchev–Trinajstić information content (AvgIpc) is 3.02. The number of ketones is 1. The summed E-state index contributed by atoms with van der Waals surface area (Å²) < 4.78 is 13.4. The molecule has 1 N–H and O–H groups in total. The first-order valence-electron chi connectivity index (χ1n) is 8.96. The van der Waals surface area contributed by atoms with Crippen LogP contribution in [0.5, 0.6) is 0 Å². The van der Waals surface area contributed by atoms with Crippen molar-refractivity contribution in [2.75, 3.05) is 0 Å². The molecular weight excluding hydrogens is 289 g/mol. The number of aromatic amines is 1. The minimum atomic E-state index is -0.248. The SMILES string of the molecule is O=C(c1cc2cc(F)ccc2[nH]1)C12CCCC3CC(CC3C1)C2. The summed E-state index contributed by atoms with van der Waals surface area (Å²) in [5, 5.41) is 0.801. The Hall–Kier alpha value is -1.64. The molecule has 0 aliphatic heterocycles. The van der Waals surface area contributed by atoms with Crippen LogP contribution in [0.25, 0.3) is 10.9 Å². The lowest BCUT2D eigenvalue weighted by Crippen LogP contribution is -2.37. The number of H-pyrrole nitrogens is 1. The predicted octanol–water partition coefficient (Wildman–Crippen LogP) is 5.10. The highest BCUT2D eigenvalue weighted by Crippen LogP contribution is 2.59. The third-order valence-electron chi connectivity index (χ3n) is 6.81. The lowest BCUT2D eigenvalue weighted by Gasteiger charge is -2.38. The van der Waals surface area contributed by atoms with Crippen molar-refractivity contribution in [1.82, 2.24) is 4.98 Å². The largest absolute Gasteiger partial charge is 0.352 e. The van der Waals surface area contributed by atoms with Gasteiger partial charge >= 0.3 is 0 Å². The molecule has 3 aliphatic carbocycles. The van der Waals surface area contributed by atoms with Gasteiger partial charge in [0.25, 0.3) is 0 Å². The van der Waals surface area contributed by atoms with Crippen molar-refractivity contribution in [3.8, 4) is 0 Å². The molecule has 5 rings (SSSR count). The second-order valence-electron chi connectivity index (χ2n) is 8.18. The van der Waals surface area contributed by atoms with E-state index in [0.29, 0.717) is 5.69 Å². The zero-order valence-electron chi connectivity index (χ0n) is 13.3. The Labute approximate surface area is 135 Å². The van der Waals surface area contributed by atoms with Crippen LogP contribution >= 0.6 is 0 Å². The number of carbonyl (C=O) groups is 1. The molecule has 120 valence electrons. The molecule has 0 amide bonds. The first kappa shape index (κ1) is 13.8.